The van der Waals surface area contributed by atoms with Crippen LogP contribution >= 0.6 is 11.8 Å². The van der Waals surface area contributed by atoms with E-state index in [2.05, 4.69) is 10.6 Å². The van der Waals surface area contributed by atoms with Crippen LogP contribution in [0.25, 0.3) is 0 Å². The molecule has 0 fully saturated rings. The van der Waals surface area contributed by atoms with Gasteiger partial charge in [0.1, 0.15) is 5.75 Å². The van der Waals surface area contributed by atoms with Crippen LogP contribution in [0.3, 0.4) is 0 Å². The summed E-state index contributed by atoms with van der Waals surface area (Å²) in [7, 11) is 1.55. The topological polar surface area (TPSA) is 67.4 Å². The van der Waals surface area contributed by atoms with Crippen molar-refractivity contribution in [1.29, 1.82) is 0 Å². The molecular formula is C19H22N2O3S. The van der Waals surface area contributed by atoms with Crippen molar-refractivity contribution < 1.29 is 14.3 Å². The van der Waals surface area contributed by atoms with Crippen LogP contribution in [0, 0.1) is 6.92 Å². The predicted octanol–water partition coefficient (Wildman–Crippen LogP) is 3.70. The standard InChI is InChI=1S/C19H22N2O3S/c1-13-7-6-8-15(11-13)20-18(22)12-25-14(2)19(23)21-16-9-4-5-10-17(16)24-3/h4-11,14H,12H2,1-3H3,(H,20,22)(H,21,23). The number of rotatable bonds is 7. The third-order valence-corrected chi connectivity index (χ3v) is 4.64. The van der Waals surface area contributed by atoms with Crippen LogP contribution in [-0.4, -0.2) is 29.9 Å². The molecule has 0 aliphatic rings. The van der Waals surface area contributed by atoms with E-state index < -0.39 is 0 Å². The minimum absolute atomic E-state index is 0.132. The van der Waals surface area contributed by atoms with Gasteiger partial charge in [-0.2, -0.15) is 0 Å². The predicted molar refractivity (Wildman–Crippen MR) is 103 cm³/mol. The molecule has 0 aliphatic heterocycles. The van der Waals surface area contributed by atoms with E-state index in [9.17, 15) is 9.59 Å². The summed E-state index contributed by atoms with van der Waals surface area (Å²) in [4.78, 5) is 24.3. The van der Waals surface area contributed by atoms with E-state index in [0.29, 0.717) is 11.4 Å². The van der Waals surface area contributed by atoms with Crippen molar-refractivity contribution in [3.05, 3.63) is 54.1 Å². The normalized spacial score (nSPS) is 11.5. The van der Waals surface area contributed by atoms with Gasteiger partial charge in [0.25, 0.3) is 0 Å². The Balaban J connectivity index is 1.83. The lowest BCUT2D eigenvalue weighted by Crippen LogP contribution is -2.25. The lowest BCUT2D eigenvalue weighted by Gasteiger charge is -2.14. The maximum Gasteiger partial charge on any atom is 0.237 e. The molecule has 0 aromatic heterocycles. The highest BCUT2D eigenvalue weighted by molar-refractivity contribution is 8.01. The first kappa shape index (κ1) is 18.9. The fourth-order valence-corrected chi connectivity index (χ4v) is 2.86. The summed E-state index contributed by atoms with van der Waals surface area (Å²) >= 11 is 1.28. The fourth-order valence-electron chi connectivity index (χ4n) is 2.18. The number of aryl methyl sites for hydroxylation is 1. The lowest BCUT2D eigenvalue weighted by molar-refractivity contribution is -0.115. The first-order valence-corrected chi connectivity index (χ1v) is 8.96. The van der Waals surface area contributed by atoms with E-state index in [-0.39, 0.29) is 22.8 Å². The number of ether oxygens (including phenoxy) is 1. The van der Waals surface area contributed by atoms with E-state index in [1.807, 2.05) is 43.3 Å². The zero-order valence-corrected chi connectivity index (χ0v) is 15.4. The molecule has 25 heavy (non-hydrogen) atoms. The van der Waals surface area contributed by atoms with Crippen molar-refractivity contribution in [3.63, 3.8) is 0 Å². The first-order valence-electron chi connectivity index (χ1n) is 7.91. The number of nitrogens with one attached hydrogen (secondary N) is 2. The van der Waals surface area contributed by atoms with Gasteiger partial charge >= 0.3 is 0 Å². The van der Waals surface area contributed by atoms with Gasteiger partial charge in [-0.3, -0.25) is 9.59 Å². The quantitative estimate of drug-likeness (QED) is 0.792. The smallest absolute Gasteiger partial charge is 0.237 e. The maximum atomic E-state index is 12.3. The molecule has 0 bridgehead atoms. The molecule has 2 aromatic carbocycles. The Bertz CT molecular complexity index is 749. The van der Waals surface area contributed by atoms with Crippen LogP contribution in [-0.2, 0) is 9.59 Å². The minimum Gasteiger partial charge on any atom is -0.495 e. The zero-order chi connectivity index (χ0) is 18.2. The van der Waals surface area contributed by atoms with E-state index in [1.165, 1.54) is 11.8 Å². The molecule has 5 nitrogen and oxygen atoms in total. The third kappa shape index (κ3) is 5.83. The molecule has 1 unspecified atom stereocenters. The Morgan fingerprint density at radius 2 is 1.88 bits per heavy atom. The number of carbonyl (C=O) groups is 2. The van der Waals surface area contributed by atoms with Gasteiger partial charge in [0.05, 0.1) is 23.8 Å². The Morgan fingerprint density at radius 3 is 2.60 bits per heavy atom. The van der Waals surface area contributed by atoms with Crippen molar-refractivity contribution in [2.75, 3.05) is 23.5 Å². The second-order valence-corrected chi connectivity index (χ2v) is 6.89. The maximum absolute atomic E-state index is 12.3. The van der Waals surface area contributed by atoms with Crippen LogP contribution < -0.4 is 15.4 Å². The summed E-state index contributed by atoms with van der Waals surface area (Å²) in [6.45, 7) is 3.74. The molecule has 0 spiro atoms. The number of anilines is 2. The molecule has 0 aliphatic carbocycles. The van der Waals surface area contributed by atoms with Gasteiger partial charge in [0.2, 0.25) is 11.8 Å². The molecule has 2 amide bonds. The summed E-state index contributed by atoms with van der Waals surface area (Å²) in [5.41, 5.74) is 2.46. The zero-order valence-electron chi connectivity index (χ0n) is 14.5. The van der Waals surface area contributed by atoms with Gasteiger partial charge in [-0.1, -0.05) is 24.3 Å². The molecular weight excluding hydrogens is 336 g/mol. The first-order chi connectivity index (χ1) is 12.0. The van der Waals surface area contributed by atoms with Crippen molar-refractivity contribution in [2.45, 2.75) is 19.1 Å². The molecule has 132 valence electrons. The van der Waals surface area contributed by atoms with Gasteiger partial charge in [-0.05, 0) is 43.7 Å². The number of thioether (sulfide) groups is 1. The van der Waals surface area contributed by atoms with Crippen LogP contribution in [0.4, 0.5) is 11.4 Å². The highest BCUT2D eigenvalue weighted by Gasteiger charge is 2.17. The number of benzene rings is 2. The Morgan fingerprint density at radius 1 is 1.12 bits per heavy atom. The summed E-state index contributed by atoms with van der Waals surface area (Å²) in [5.74, 6) is 0.504. The number of amides is 2. The van der Waals surface area contributed by atoms with E-state index >= 15 is 0 Å². The van der Waals surface area contributed by atoms with Crippen LogP contribution in [0.15, 0.2) is 48.5 Å². The highest BCUT2D eigenvalue weighted by atomic mass is 32.2. The SMILES string of the molecule is COc1ccccc1NC(=O)C(C)SCC(=O)Nc1cccc(C)c1. The minimum atomic E-state index is -0.367. The average Bonchev–Trinajstić information content (AvgIpc) is 2.60. The van der Waals surface area contributed by atoms with Crippen LogP contribution in [0.1, 0.15) is 12.5 Å². The molecule has 0 saturated carbocycles. The number of hydrogen-bond donors (Lipinski definition) is 2. The van der Waals surface area contributed by atoms with Gasteiger partial charge in [-0.15, -0.1) is 11.8 Å². The van der Waals surface area contributed by atoms with Crippen molar-refractivity contribution in [3.8, 4) is 5.75 Å². The number of carbonyl (C=O) groups excluding carboxylic acids is 2. The lowest BCUT2D eigenvalue weighted by atomic mass is 10.2. The van der Waals surface area contributed by atoms with Crippen molar-refractivity contribution in [2.24, 2.45) is 0 Å². The van der Waals surface area contributed by atoms with Gasteiger partial charge in [0.15, 0.2) is 0 Å². The molecule has 0 heterocycles. The molecule has 0 saturated heterocycles. The van der Waals surface area contributed by atoms with E-state index in [4.69, 9.17) is 4.74 Å². The molecule has 2 aromatic rings. The Kier molecular flexibility index (Phi) is 6.89. The number of methoxy groups -OCH3 is 1. The number of para-hydroxylation sites is 2. The van der Waals surface area contributed by atoms with E-state index in [1.54, 1.807) is 26.2 Å². The molecule has 2 rings (SSSR count). The second-order valence-electron chi connectivity index (χ2n) is 5.56. The van der Waals surface area contributed by atoms with Crippen LogP contribution in [0.2, 0.25) is 0 Å². The van der Waals surface area contributed by atoms with Gasteiger partial charge in [0, 0.05) is 5.69 Å². The Hall–Kier alpha value is -2.47. The summed E-state index contributed by atoms with van der Waals surface area (Å²) < 4.78 is 5.21. The molecule has 0 radical (unpaired) electrons. The highest BCUT2D eigenvalue weighted by Crippen LogP contribution is 2.24. The number of hydrogen-bond acceptors (Lipinski definition) is 4. The largest absolute Gasteiger partial charge is 0.495 e. The van der Waals surface area contributed by atoms with Gasteiger partial charge in [-0.25, -0.2) is 0 Å². The van der Waals surface area contributed by atoms with Gasteiger partial charge < -0.3 is 15.4 Å². The van der Waals surface area contributed by atoms with Crippen molar-refractivity contribution in [1.82, 2.24) is 0 Å². The monoisotopic (exact) mass is 358 g/mol. The summed E-state index contributed by atoms with van der Waals surface area (Å²) in [6.07, 6.45) is 0. The molecule has 6 heteroatoms. The third-order valence-electron chi connectivity index (χ3n) is 3.50. The summed E-state index contributed by atoms with van der Waals surface area (Å²) in [6, 6.07) is 14.8. The molecule has 1 atom stereocenters. The summed E-state index contributed by atoms with van der Waals surface area (Å²) in [5, 5.41) is 5.29. The fraction of sp³-hybridized carbons (Fsp3) is 0.263. The second kappa shape index (κ2) is 9.13. The van der Waals surface area contributed by atoms with Crippen LogP contribution in [0.5, 0.6) is 5.75 Å². The Labute approximate surface area is 152 Å². The average molecular weight is 358 g/mol. The van der Waals surface area contributed by atoms with Crippen molar-refractivity contribution >= 4 is 35.0 Å². The van der Waals surface area contributed by atoms with E-state index in [0.717, 1.165) is 11.3 Å². The molecule has 2 N–H and O–H groups in total.